The third-order valence-corrected chi connectivity index (χ3v) is 5.01. The van der Waals surface area contributed by atoms with Gasteiger partial charge >= 0.3 is 0 Å². The van der Waals surface area contributed by atoms with Gasteiger partial charge in [0.25, 0.3) is 15.9 Å². The molecule has 0 aliphatic rings. The number of amides is 1. The molecule has 0 saturated heterocycles. The summed E-state index contributed by atoms with van der Waals surface area (Å²) in [5.74, 6) is 0.258. The van der Waals surface area contributed by atoms with E-state index in [1.54, 1.807) is 20.2 Å². The molecule has 1 amide bonds. The van der Waals surface area contributed by atoms with E-state index in [0.29, 0.717) is 11.4 Å². The van der Waals surface area contributed by atoms with Crippen molar-refractivity contribution in [3.63, 3.8) is 0 Å². The molecule has 25 heavy (non-hydrogen) atoms. The maximum absolute atomic E-state index is 12.5. The van der Waals surface area contributed by atoms with Gasteiger partial charge in [-0.15, -0.1) is 0 Å². The van der Waals surface area contributed by atoms with E-state index in [-0.39, 0.29) is 17.4 Å². The second-order valence-corrected chi connectivity index (χ2v) is 7.65. The molecule has 0 atom stereocenters. The number of nitrogens with zero attached hydrogens (tertiary/aromatic N) is 1. The van der Waals surface area contributed by atoms with Crippen LogP contribution >= 0.6 is 0 Å². The highest BCUT2D eigenvalue weighted by Gasteiger charge is 2.15. The lowest BCUT2D eigenvalue weighted by Crippen LogP contribution is -2.27. The fourth-order valence-electron chi connectivity index (χ4n) is 2.04. The van der Waals surface area contributed by atoms with Crippen LogP contribution in [-0.4, -0.2) is 39.9 Å². The zero-order chi connectivity index (χ0) is 18.6. The Morgan fingerprint density at radius 2 is 1.72 bits per heavy atom. The Bertz CT molecular complexity index is 859. The molecular formula is C18H22N2O4S. The summed E-state index contributed by atoms with van der Waals surface area (Å²) in [5, 5.41) is 0. The molecule has 0 unspecified atom stereocenters. The molecule has 2 aromatic rings. The van der Waals surface area contributed by atoms with E-state index in [0.717, 1.165) is 11.1 Å². The molecular weight excluding hydrogens is 340 g/mol. The average Bonchev–Trinajstić information content (AvgIpc) is 2.56. The molecule has 7 heteroatoms. The Kier molecular flexibility index (Phi) is 5.69. The Balaban J connectivity index is 2.12. The van der Waals surface area contributed by atoms with Crippen molar-refractivity contribution < 1.29 is 17.9 Å². The van der Waals surface area contributed by atoms with Crippen molar-refractivity contribution in [1.29, 1.82) is 0 Å². The van der Waals surface area contributed by atoms with Gasteiger partial charge in [-0.2, -0.15) is 0 Å². The zero-order valence-corrected chi connectivity index (χ0v) is 15.6. The van der Waals surface area contributed by atoms with E-state index in [1.165, 1.54) is 29.2 Å². The summed E-state index contributed by atoms with van der Waals surface area (Å²) in [6.07, 6.45) is 0. The largest absolute Gasteiger partial charge is 0.484 e. The van der Waals surface area contributed by atoms with Gasteiger partial charge in [-0.3, -0.25) is 9.52 Å². The molecule has 0 bridgehead atoms. The highest BCUT2D eigenvalue weighted by Crippen LogP contribution is 2.22. The number of rotatable bonds is 6. The topological polar surface area (TPSA) is 75.7 Å². The average molecular weight is 362 g/mol. The van der Waals surface area contributed by atoms with Crippen LogP contribution in [0.2, 0.25) is 0 Å². The second-order valence-electron chi connectivity index (χ2n) is 5.97. The van der Waals surface area contributed by atoms with Gasteiger partial charge in [0.2, 0.25) is 0 Å². The minimum Gasteiger partial charge on any atom is -0.484 e. The summed E-state index contributed by atoms with van der Waals surface area (Å²) >= 11 is 0. The maximum Gasteiger partial charge on any atom is 0.261 e. The van der Waals surface area contributed by atoms with Crippen LogP contribution in [0.25, 0.3) is 0 Å². The van der Waals surface area contributed by atoms with E-state index < -0.39 is 10.0 Å². The molecule has 0 fully saturated rings. The summed E-state index contributed by atoms with van der Waals surface area (Å²) in [6.45, 7) is 3.65. The fraction of sp³-hybridized carbons (Fsp3) is 0.278. The number of carbonyl (C=O) groups is 1. The number of benzene rings is 2. The highest BCUT2D eigenvalue weighted by atomic mass is 32.2. The van der Waals surface area contributed by atoms with Gasteiger partial charge in [0.1, 0.15) is 5.75 Å². The van der Waals surface area contributed by atoms with E-state index in [9.17, 15) is 13.2 Å². The normalized spacial score (nSPS) is 11.0. The lowest BCUT2D eigenvalue weighted by Gasteiger charge is -2.13. The summed E-state index contributed by atoms with van der Waals surface area (Å²) in [6, 6.07) is 11.5. The van der Waals surface area contributed by atoms with Gasteiger partial charge in [-0.05, 0) is 55.3 Å². The minimum atomic E-state index is -3.69. The maximum atomic E-state index is 12.5. The molecule has 0 saturated carbocycles. The summed E-state index contributed by atoms with van der Waals surface area (Å²) in [5.41, 5.74) is 2.37. The van der Waals surface area contributed by atoms with E-state index >= 15 is 0 Å². The highest BCUT2D eigenvalue weighted by molar-refractivity contribution is 7.92. The van der Waals surface area contributed by atoms with Gasteiger partial charge in [0, 0.05) is 14.1 Å². The number of ether oxygens (including phenoxy) is 1. The van der Waals surface area contributed by atoms with Crippen molar-refractivity contribution in [2.24, 2.45) is 0 Å². The Morgan fingerprint density at radius 1 is 1.08 bits per heavy atom. The van der Waals surface area contributed by atoms with E-state index in [2.05, 4.69) is 4.72 Å². The predicted octanol–water partition coefficient (Wildman–Crippen LogP) is 2.57. The van der Waals surface area contributed by atoms with Crippen LogP contribution in [0.1, 0.15) is 11.1 Å². The molecule has 0 radical (unpaired) electrons. The third-order valence-electron chi connectivity index (χ3n) is 3.63. The van der Waals surface area contributed by atoms with Crippen LogP contribution in [0.5, 0.6) is 5.75 Å². The standard InChI is InChI=1S/C18H22N2O4S/c1-13-5-6-14(2)17(11-13)19-25(22,23)16-9-7-15(8-10-16)24-12-18(21)20(3)4/h5-11,19H,12H2,1-4H3. The van der Waals surface area contributed by atoms with E-state index in [4.69, 9.17) is 4.74 Å². The first-order valence-electron chi connectivity index (χ1n) is 7.72. The molecule has 2 aromatic carbocycles. The van der Waals surface area contributed by atoms with Crippen molar-refractivity contribution in [1.82, 2.24) is 4.90 Å². The van der Waals surface area contributed by atoms with Gasteiger partial charge in [0.05, 0.1) is 10.6 Å². The molecule has 0 aliphatic heterocycles. The third kappa shape index (κ3) is 4.96. The second kappa shape index (κ2) is 7.57. The van der Waals surface area contributed by atoms with Crippen LogP contribution in [0.4, 0.5) is 5.69 Å². The number of hydrogen-bond acceptors (Lipinski definition) is 4. The summed E-state index contributed by atoms with van der Waals surface area (Å²) in [7, 11) is -0.416. The lowest BCUT2D eigenvalue weighted by atomic mass is 10.1. The number of hydrogen-bond donors (Lipinski definition) is 1. The van der Waals surface area contributed by atoms with Crippen molar-refractivity contribution >= 4 is 21.6 Å². The van der Waals surface area contributed by atoms with Crippen molar-refractivity contribution in [2.45, 2.75) is 18.7 Å². The van der Waals surface area contributed by atoms with Gasteiger partial charge in [-0.1, -0.05) is 12.1 Å². The number of carbonyl (C=O) groups excluding carboxylic acids is 1. The zero-order valence-electron chi connectivity index (χ0n) is 14.7. The Morgan fingerprint density at radius 3 is 2.32 bits per heavy atom. The lowest BCUT2D eigenvalue weighted by molar-refractivity contribution is -0.130. The molecule has 1 N–H and O–H groups in total. The van der Waals surface area contributed by atoms with Gasteiger partial charge in [-0.25, -0.2) is 8.42 Å². The van der Waals surface area contributed by atoms with Crippen LogP contribution in [0.15, 0.2) is 47.4 Å². The number of sulfonamides is 1. The van der Waals surface area contributed by atoms with Crippen molar-refractivity contribution in [3.05, 3.63) is 53.6 Å². The summed E-state index contributed by atoms with van der Waals surface area (Å²) < 4.78 is 33.0. The first-order valence-corrected chi connectivity index (χ1v) is 9.20. The van der Waals surface area contributed by atoms with Crippen LogP contribution in [0.3, 0.4) is 0 Å². The Hall–Kier alpha value is -2.54. The number of likely N-dealkylation sites (N-methyl/N-ethyl adjacent to an activating group) is 1. The summed E-state index contributed by atoms with van der Waals surface area (Å²) in [4.78, 5) is 13.0. The molecule has 0 aromatic heterocycles. The van der Waals surface area contributed by atoms with Gasteiger partial charge < -0.3 is 9.64 Å². The Labute approximate surface area is 148 Å². The van der Waals surface area contributed by atoms with Crippen molar-refractivity contribution in [3.8, 4) is 5.75 Å². The number of anilines is 1. The van der Waals surface area contributed by atoms with Crippen LogP contribution in [-0.2, 0) is 14.8 Å². The smallest absolute Gasteiger partial charge is 0.261 e. The first kappa shape index (κ1) is 18.8. The van der Waals surface area contributed by atoms with Crippen LogP contribution < -0.4 is 9.46 Å². The SMILES string of the molecule is Cc1ccc(C)c(NS(=O)(=O)c2ccc(OCC(=O)N(C)C)cc2)c1. The van der Waals surface area contributed by atoms with Gasteiger partial charge in [0.15, 0.2) is 6.61 Å². The molecule has 0 aliphatic carbocycles. The van der Waals surface area contributed by atoms with Crippen molar-refractivity contribution in [2.75, 3.05) is 25.4 Å². The molecule has 134 valence electrons. The molecule has 0 spiro atoms. The minimum absolute atomic E-state index is 0.0974. The fourth-order valence-corrected chi connectivity index (χ4v) is 3.16. The number of aryl methyl sites for hydroxylation is 2. The van der Waals surface area contributed by atoms with E-state index in [1.807, 2.05) is 26.0 Å². The van der Waals surface area contributed by atoms with Crippen LogP contribution in [0, 0.1) is 13.8 Å². The quantitative estimate of drug-likeness (QED) is 0.857. The predicted molar refractivity (Wildman–Crippen MR) is 97.4 cm³/mol. The first-order chi connectivity index (χ1) is 11.7. The molecule has 6 nitrogen and oxygen atoms in total. The molecule has 2 rings (SSSR count). The molecule has 0 heterocycles. The monoisotopic (exact) mass is 362 g/mol. The number of nitrogens with one attached hydrogen (secondary N) is 1.